The fourth-order valence-electron chi connectivity index (χ4n) is 4.17. The number of nitrogens with one attached hydrogen (secondary N) is 1. The van der Waals surface area contributed by atoms with E-state index in [-0.39, 0.29) is 11.7 Å². The molecule has 0 radical (unpaired) electrons. The number of carbonyl (C=O) groups excluding carboxylic acids is 2. The van der Waals surface area contributed by atoms with Gasteiger partial charge in [0.05, 0.1) is 23.4 Å². The third-order valence-electron chi connectivity index (χ3n) is 5.85. The van der Waals surface area contributed by atoms with Gasteiger partial charge in [0.1, 0.15) is 5.00 Å². The molecule has 35 heavy (non-hydrogen) atoms. The second kappa shape index (κ2) is 11.8. The maximum atomic E-state index is 12.9. The molecule has 2 heterocycles. The quantitative estimate of drug-likeness (QED) is 0.265. The van der Waals surface area contributed by atoms with E-state index in [0.29, 0.717) is 38.1 Å². The van der Waals surface area contributed by atoms with Crippen LogP contribution in [-0.4, -0.2) is 39.5 Å². The van der Waals surface area contributed by atoms with Gasteiger partial charge in [-0.1, -0.05) is 47.8 Å². The summed E-state index contributed by atoms with van der Waals surface area (Å²) in [5.74, 6) is 0.116. The molecule has 4 rings (SSSR count). The monoisotopic (exact) mass is 552 g/mol. The molecule has 0 saturated heterocycles. The van der Waals surface area contributed by atoms with Crippen LogP contribution in [0.25, 0.3) is 11.4 Å². The summed E-state index contributed by atoms with van der Waals surface area (Å²) in [5, 5.41) is 13.7. The molecule has 186 valence electrons. The minimum absolute atomic E-state index is 0.121. The SMILES string of the molecule is CCn1c(SCC(=O)Nc2sc3c(c2C(=O)OC)CCCCCC3)nnc1-c1ccc(Cl)cc1Cl. The first-order chi connectivity index (χ1) is 16.9. The summed E-state index contributed by atoms with van der Waals surface area (Å²) in [4.78, 5) is 26.6. The van der Waals surface area contributed by atoms with E-state index in [1.165, 1.54) is 41.5 Å². The molecule has 0 bridgehead atoms. The van der Waals surface area contributed by atoms with E-state index >= 15 is 0 Å². The number of nitrogens with zero attached hydrogens (tertiary/aromatic N) is 3. The molecule has 0 saturated carbocycles. The molecule has 7 nitrogen and oxygen atoms in total. The van der Waals surface area contributed by atoms with Crippen molar-refractivity contribution in [3.63, 3.8) is 0 Å². The Hall–Kier alpha value is -2.07. The molecule has 11 heteroatoms. The molecule has 1 amide bonds. The Bertz CT molecular complexity index is 1240. The number of hydrogen-bond donors (Lipinski definition) is 1. The average molecular weight is 554 g/mol. The summed E-state index contributed by atoms with van der Waals surface area (Å²) in [7, 11) is 1.37. The molecule has 1 aliphatic carbocycles. The highest BCUT2D eigenvalue weighted by Crippen LogP contribution is 2.38. The van der Waals surface area contributed by atoms with Crippen LogP contribution in [0.15, 0.2) is 23.4 Å². The Kier molecular flexibility index (Phi) is 8.75. The van der Waals surface area contributed by atoms with Crippen molar-refractivity contribution >= 4 is 63.2 Å². The highest BCUT2D eigenvalue weighted by atomic mass is 35.5. The van der Waals surface area contributed by atoms with E-state index in [0.717, 1.165) is 43.2 Å². The summed E-state index contributed by atoms with van der Waals surface area (Å²) >= 11 is 15.2. The molecular weight excluding hydrogens is 527 g/mol. The predicted molar refractivity (Wildman–Crippen MR) is 142 cm³/mol. The van der Waals surface area contributed by atoms with Crippen molar-refractivity contribution in [2.45, 2.75) is 57.1 Å². The summed E-state index contributed by atoms with van der Waals surface area (Å²) in [6.07, 6.45) is 6.20. The number of carbonyl (C=O) groups is 2. The van der Waals surface area contributed by atoms with Crippen molar-refractivity contribution in [1.82, 2.24) is 14.8 Å². The van der Waals surface area contributed by atoms with Crippen molar-refractivity contribution in [2.24, 2.45) is 0 Å². The Balaban J connectivity index is 1.51. The van der Waals surface area contributed by atoms with E-state index in [9.17, 15) is 9.59 Å². The van der Waals surface area contributed by atoms with Crippen LogP contribution < -0.4 is 5.32 Å². The molecule has 1 aromatic carbocycles. The van der Waals surface area contributed by atoms with Crippen molar-refractivity contribution in [3.8, 4) is 11.4 Å². The van der Waals surface area contributed by atoms with Crippen LogP contribution in [0.2, 0.25) is 10.0 Å². The first-order valence-corrected chi connectivity index (χ1v) is 14.0. The summed E-state index contributed by atoms with van der Waals surface area (Å²) < 4.78 is 6.95. The second-order valence-electron chi connectivity index (χ2n) is 8.13. The first kappa shape index (κ1) is 26.0. The number of aromatic nitrogens is 3. The van der Waals surface area contributed by atoms with Crippen LogP contribution in [0, 0.1) is 0 Å². The molecule has 0 spiro atoms. The first-order valence-electron chi connectivity index (χ1n) is 11.5. The van der Waals surface area contributed by atoms with E-state index in [2.05, 4.69) is 15.5 Å². The number of amides is 1. The van der Waals surface area contributed by atoms with Gasteiger partial charge in [0, 0.05) is 22.0 Å². The number of rotatable bonds is 7. The van der Waals surface area contributed by atoms with Crippen molar-refractivity contribution in [3.05, 3.63) is 44.2 Å². The van der Waals surface area contributed by atoms with Gasteiger partial charge in [-0.3, -0.25) is 4.79 Å². The second-order valence-corrected chi connectivity index (χ2v) is 11.0. The fourth-order valence-corrected chi connectivity index (χ4v) is 6.76. The van der Waals surface area contributed by atoms with Gasteiger partial charge >= 0.3 is 5.97 Å². The number of thioether (sulfide) groups is 1. The lowest BCUT2D eigenvalue weighted by molar-refractivity contribution is -0.113. The summed E-state index contributed by atoms with van der Waals surface area (Å²) in [5.41, 5.74) is 2.25. The zero-order chi connectivity index (χ0) is 24.9. The third kappa shape index (κ3) is 5.85. The molecule has 1 aliphatic rings. The van der Waals surface area contributed by atoms with Gasteiger partial charge in [0.25, 0.3) is 0 Å². The molecule has 0 atom stereocenters. The van der Waals surface area contributed by atoms with E-state index in [1.807, 2.05) is 11.5 Å². The maximum absolute atomic E-state index is 12.9. The lowest BCUT2D eigenvalue weighted by atomic mass is 9.96. The number of benzene rings is 1. The van der Waals surface area contributed by atoms with Gasteiger partial charge in [0.2, 0.25) is 5.91 Å². The van der Waals surface area contributed by atoms with E-state index in [1.54, 1.807) is 18.2 Å². The normalized spacial score (nSPS) is 13.6. The number of halogens is 2. The smallest absolute Gasteiger partial charge is 0.341 e. The minimum Gasteiger partial charge on any atom is -0.465 e. The Morgan fingerprint density at radius 3 is 2.66 bits per heavy atom. The maximum Gasteiger partial charge on any atom is 0.341 e. The van der Waals surface area contributed by atoms with Gasteiger partial charge in [0.15, 0.2) is 11.0 Å². The molecule has 0 unspecified atom stereocenters. The van der Waals surface area contributed by atoms with Crippen LogP contribution in [0.5, 0.6) is 0 Å². The van der Waals surface area contributed by atoms with E-state index in [4.69, 9.17) is 27.9 Å². The Morgan fingerprint density at radius 2 is 1.94 bits per heavy atom. The lowest BCUT2D eigenvalue weighted by Gasteiger charge is -2.11. The standard InChI is InChI=1S/C24H26Cl2N4O3S2/c1-3-30-21(15-11-10-14(25)12-17(15)26)28-29-24(30)34-13-19(31)27-22-20(23(32)33-2)16-8-6-4-5-7-9-18(16)35-22/h10-12H,3-9,13H2,1-2H3,(H,27,31). The predicted octanol–water partition coefficient (Wildman–Crippen LogP) is 6.51. The number of ether oxygens (including phenoxy) is 1. The molecule has 0 aliphatic heterocycles. The molecule has 1 N–H and O–H groups in total. The van der Waals surface area contributed by atoms with Gasteiger partial charge in [-0.15, -0.1) is 21.5 Å². The van der Waals surface area contributed by atoms with Crippen LogP contribution in [-0.2, 0) is 28.9 Å². The van der Waals surface area contributed by atoms with Crippen LogP contribution in [0.3, 0.4) is 0 Å². The van der Waals surface area contributed by atoms with Gasteiger partial charge in [-0.05, 0) is 56.4 Å². The molecular formula is C24H26Cl2N4O3S2. The number of thiophene rings is 1. The summed E-state index contributed by atoms with van der Waals surface area (Å²) in [6.45, 7) is 2.58. The van der Waals surface area contributed by atoms with Crippen LogP contribution >= 0.6 is 46.3 Å². The fraction of sp³-hybridized carbons (Fsp3) is 0.417. The zero-order valence-electron chi connectivity index (χ0n) is 19.5. The lowest BCUT2D eigenvalue weighted by Crippen LogP contribution is -2.17. The van der Waals surface area contributed by atoms with E-state index < -0.39 is 5.97 Å². The van der Waals surface area contributed by atoms with Gasteiger partial charge in [-0.25, -0.2) is 4.79 Å². The van der Waals surface area contributed by atoms with Crippen molar-refractivity contribution < 1.29 is 14.3 Å². The number of esters is 1. The van der Waals surface area contributed by atoms with Gasteiger partial charge in [-0.2, -0.15) is 0 Å². The highest BCUT2D eigenvalue weighted by molar-refractivity contribution is 7.99. The number of anilines is 1. The number of methoxy groups -OCH3 is 1. The largest absolute Gasteiger partial charge is 0.465 e. The third-order valence-corrected chi connectivity index (χ3v) is 8.57. The average Bonchev–Trinajstić information content (AvgIpc) is 3.37. The number of hydrogen-bond acceptors (Lipinski definition) is 7. The number of aryl methyl sites for hydroxylation is 1. The van der Waals surface area contributed by atoms with Crippen LogP contribution in [0.1, 0.15) is 53.4 Å². The molecule has 3 aromatic rings. The highest BCUT2D eigenvalue weighted by Gasteiger charge is 2.26. The number of fused-ring (bicyclic) bond motifs is 1. The van der Waals surface area contributed by atoms with Crippen LogP contribution in [0.4, 0.5) is 5.00 Å². The molecule has 0 fully saturated rings. The minimum atomic E-state index is -0.402. The Labute approximate surface area is 222 Å². The van der Waals surface area contributed by atoms with Gasteiger partial charge < -0.3 is 14.6 Å². The van der Waals surface area contributed by atoms with Crippen molar-refractivity contribution in [2.75, 3.05) is 18.2 Å². The van der Waals surface area contributed by atoms with Crippen molar-refractivity contribution in [1.29, 1.82) is 0 Å². The summed E-state index contributed by atoms with van der Waals surface area (Å²) in [6, 6.07) is 5.22. The topological polar surface area (TPSA) is 86.1 Å². The zero-order valence-corrected chi connectivity index (χ0v) is 22.7. The Morgan fingerprint density at radius 1 is 1.17 bits per heavy atom. The molecule has 2 aromatic heterocycles.